The van der Waals surface area contributed by atoms with E-state index in [2.05, 4.69) is 92.4 Å². The topological polar surface area (TPSA) is 66.3 Å². The Balaban J connectivity index is 1.66. The van der Waals surface area contributed by atoms with Crippen LogP contribution < -0.4 is 0 Å². The summed E-state index contributed by atoms with van der Waals surface area (Å²) in [7, 11) is 0. The van der Waals surface area contributed by atoms with E-state index in [1.165, 1.54) is 0 Å². The molecule has 0 saturated carbocycles. The lowest BCUT2D eigenvalue weighted by molar-refractivity contribution is 0.804. The highest BCUT2D eigenvalue weighted by atomic mass is 15.4. The van der Waals surface area contributed by atoms with Gasteiger partial charge < -0.3 is 4.57 Å². The van der Waals surface area contributed by atoms with Gasteiger partial charge in [-0.3, -0.25) is 0 Å². The molecule has 0 bridgehead atoms. The molecule has 0 saturated heterocycles. The fourth-order valence-electron chi connectivity index (χ4n) is 4.01. The van der Waals surface area contributed by atoms with E-state index in [0.717, 1.165) is 44.4 Å². The first-order valence-electron chi connectivity index (χ1n) is 9.86. The van der Waals surface area contributed by atoms with Crippen LogP contribution in [0.3, 0.4) is 0 Å². The standard InChI is InChI=1S/C24H17N7/c1-2-17-3-5-18(6-4-17)31-23-9-7-19(29-13-11-25-27-29)15-21(23)22-16-20(8-10-24(22)31)30-14-12-26-28-30/h2-16H,1H2. The molecule has 6 aromatic rings. The van der Waals surface area contributed by atoms with Crippen molar-refractivity contribution >= 4 is 27.9 Å². The van der Waals surface area contributed by atoms with Gasteiger partial charge in [0.2, 0.25) is 0 Å². The Morgan fingerprint density at radius 1 is 0.645 bits per heavy atom. The summed E-state index contributed by atoms with van der Waals surface area (Å²) >= 11 is 0. The van der Waals surface area contributed by atoms with Gasteiger partial charge in [-0.25, -0.2) is 9.36 Å². The molecule has 7 heteroatoms. The first kappa shape index (κ1) is 17.3. The molecule has 0 spiro atoms. The summed E-state index contributed by atoms with van der Waals surface area (Å²) in [6.45, 7) is 3.86. The number of hydrogen-bond donors (Lipinski definition) is 0. The van der Waals surface area contributed by atoms with E-state index in [0.29, 0.717) is 0 Å². The molecule has 7 nitrogen and oxygen atoms in total. The van der Waals surface area contributed by atoms with E-state index >= 15 is 0 Å². The van der Waals surface area contributed by atoms with Crippen molar-refractivity contribution in [2.75, 3.05) is 0 Å². The van der Waals surface area contributed by atoms with E-state index in [4.69, 9.17) is 0 Å². The van der Waals surface area contributed by atoms with Crippen molar-refractivity contribution in [1.29, 1.82) is 0 Å². The first-order valence-corrected chi connectivity index (χ1v) is 9.86. The van der Waals surface area contributed by atoms with E-state index in [-0.39, 0.29) is 0 Å². The highest BCUT2D eigenvalue weighted by molar-refractivity contribution is 6.10. The van der Waals surface area contributed by atoms with Crippen LogP contribution in [0, 0.1) is 0 Å². The van der Waals surface area contributed by atoms with Crippen LogP contribution in [0.5, 0.6) is 0 Å². The smallest absolute Gasteiger partial charge is 0.0697 e. The summed E-state index contributed by atoms with van der Waals surface area (Å²) in [6, 6.07) is 21.1. The Bertz CT molecular complexity index is 1430. The summed E-state index contributed by atoms with van der Waals surface area (Å²) in [5.74, 6) is 0. The zero-order valence-corrected chi connectivity index (χ0v) is 16.5. The fourth-order valence-corrected chi connectivity index (χ4v) is 4.01. The monoisotopic (exact) mass is 403 g/mol. The highest BCUT2D eigenvalue weighted by Crippen LogP contribution is 2.34. The molecule has 0 atom stereocenters. The van der Waals surface area contributed by atoms with Crippen LogP contribution in [0.1, 0.15) is 5.56 Å². The van der Waals surface area contributed by atoms with Gasteiger partial charge in [0.05, 0.1) is 47.2 Å². The Hall–Kier alpha value is -4.52. The molecule has 0 aliphatic carbocycles. The Morgan fingerprint density at radius 3 is 1.61 bits per heavy atom. The lowest BCUT2D eigenvalue weighted by atomic mass is 10.1. The molecule has 3 heterocycles. The summed E-state index contributed by atoms with van der Waals surface area (Å²) in [4.78, 5) is 0. The van der Waals surface area contributed by atoms with Gasteiger partial charge in [-0.1, -0.05) is 35.2 Å². The van der Waals surface area contributed by atoms with Gasteiger partial charge in [-0.15, -0.1) is 10.2 Å². The maximum Gasteiger partial charge on any atom is 0.0697 e. The highest BCUT2D eigenvalue weighted by Gasteiger charge is 2.15. The average molecular weight is 403 g/mol. The van der Waals surface area contributed by atoms with Crippen molar-refractivity contribution in [2.24, 2.45) is 0 Å². The average Bonchev–Trinajstić information content (AvgIpc) is 3.59. The van der Waals surface area contributed by atoms with Gasteiger partial charge in [0, 0.05) is 16.5 Å². The largest absolute Gasteiger partial charge is 0.309 e. The molecule has 3 aromatic carbocycles. The van der Waals surface area contributed by atoms with E-state index in [1.54, 1.807) is 21.8 Å². The lowest BCUT2D eigenvalue weighted by Gasteiger charge is -2.09. The van der Waals surface area contributed by atoms with Crippen LogP contribution in [0.15, 0.2) is 92.0 Å². The molecule has 6 rings (SSSR count). The number of nitrogens with zero attached hydrogens (tertiary/aromatic N) is 7. The Kier molecular flexibility index (Phi) is 3.79. The molecule has 31 heavy (non-hydrogen) atoms. The molecule has 0 N–H and O–H groups in total. The van der Waals surface area contributed by atoms with Crippen LogP contribution >= 0.6 is 0 Å². The minimum atomic E-state index is 0.956. The molecule has 3 aromatic heterocycles. The predicted octanol–water partition coefficient (Wildman–Crippen LogP) is 4.59. The molecule has 0 unspecified atom stereocenters. The third-order valence-corrected chi connectivity index (χ3v) is 5.49. The Labute approximate surface area is 177 Å². The second-order valence-corrected chi connectivity index (χ2v) is 7.23. The first-order chi connectivity index (χ1) is 15.3. The van der Waals surface area contributed by atoms with Crippen LogP contribution in [-0.2, 0) is 0 Å². The minimum Gasteiger partial charge on any atom is -0.309 e. The minimum absolute atomic E-state index is 0.956. The quantitative estimate of drug-likeness (QED) is 0.432. The van der Waals surface area contributed by atoms with E-state index < -0.39 is 0 Å². The van der Waals surface area contributed by atoms with Crippen molar-refractivity contribution < 1.29 is 0 Å². The van der Waals surface area contributed by atoms with Crippen molar-refractivity contribution in [1.82, 2.24) is 34.6 Å². The van der Waals surface area contributed by atoms with Crippen LogP contribution in [0.25, 0.3) is 44.9 Å². The third-order valence-electron chi connectivity index (χ3n) is 5.49. The molecule has 0 aliphatic heterocycles. The maximum absolute atomic E-state index is 4.14. The molecule has 0 radical (unpaired) electrons. The molecule has 0 amide bonds. The van der Waals surface area contributed by atoms with Gasteiger partial charge >= 0.3 is 0 Å². The zero-order chi connectivity index (χ0) is 20.8. The summed E-state index contributed by atoms with van der Waals surface area (Å²) < 4.78 is 5.80. The number of benzene rings is 3. The second kappa shape index (κ2) is 6.77. The summed E-state index contributed by atoms with van der Waals surface area (Å²) in [5.41, 5.74) is 6.32. The van der Waals surface area contributed by atoms with Crippen LogP contribution in [0.2, 0.25) is 0 Å². The van der Waals surface area contributed by atoms with Gasteiger partial charge in [-0.2, -0.15) is 0 Å². The predicted molar refractivity (Wildman–Crippen MR) is 121 cm³/mol. The normalized spacial score (nSPS) is 11.4. The van der Waals surface area contributed by atoms with Crippen molar-refractivity contribution in [3.8, 4) is 17.1 Å². The molecular weight excluding hydrogens is 386 g/mol. The van der Waals surface area contributed by atoms with Gasteiger partial charge in [0.1, 0.15) is 0 Å². The SMILES string of the molecule is C=Cc1ccc(-n2c3ccc(-n4ccnn4)cc3c3cc(-n4ccnn4)ccc32)cc1. The van der Waals surface area contributed by atoms with Gasteiger partial charge in [-0.05, 0) is 54.1 Å². The summed E-state index contributed by atoms with van der Waals surface area (Å²) in [5, 5.41) is 18.4. The molecule has 0 aliphatic rings. The number of hydrogen-bond acceptors (Lipinski definition) is 4. The van der Waals surface area contributed by atoms with E-state index in [1.807, 2.05) is 18.5 Å². The number of fused-ring (bicyclic) bond motifs is 3. The summed E-state index contributed by atoms with van der Waals surface area (Å²) in [6.07, 6.45) is 8.89. The van der Waals surface area contributed by atoms with E-state index in [9.17, 15) is 0 Å². The molecular formula is C24H17N7. The third kappa shape index (κ3) is 2.75. The molecule has 148 valence electrons. The second-order valence-electron chi connectivity index (χ2n) is 7.23. The number of rotatable bonds is 4. The van der Waals surface area contributed by atoms with Gasteiger partial charge in [0.25, 0.3) is 0 Å². The lowest BCUT2D eigenvalue weighted by Crippen LogP contribution is -1.96. The zero-order valence-electron chi connectivity index (χ0n) is 16.5. The van der Waals surface area contributed by atoms with Crippen LogP contribution in [-0.4, -0.2) is 34.6 Å². The maximum atomic E-state index is 4.14. The van der Waals surface area contributed by atoms with Gasteiger partial charge in [0.15, 0.2) is 0 Å². The van der Waals surface area contributed by atoms with Crippen LogP contribution in [0.4, 0.5) is 0 Å². The van der Waals surface area contributed by atoms with Crippen molar-refractivity contribution in [2.45, 2.75) is 0 Å². The van der Waals surface area contributed by atoms with Crippen molar-refractivity contribution in [3.63, 3.8) is 0 Å². The fraction of sp³-hybridized carbons (Fsp3) is 0. The molecule has 0 fully saturated rings. The Morgan fingerprint density at radius 2 is 1.16 bits per heavy atom. The number of aromatic nitrogens is 7. The van der Waals surface area contributed by atoms with Crippen molar-refractivity contribution in [3.05, 3.63) is 97.6 Å².